The number of anilines is 1. The lowest BCUT2D eigenvalue weighted by atomic mass is 9.96. The van der Waals surface area contributed by atoms with E-state index in [2.05, 4.69) is 20.4 Å². The average molecular weight is 245 g/mol. The van der Waals surface area contributed by atoms with Crippen molar-refractivity contribution in [2.75, 3.05) is 5.32 Å². The second kappa shape index (κ2) is 4.56. The Labute approximate surface area is 105 Å². The SMILES string of the molecule is CC(C)(C)C(=O)Nc1cnc(-n2cccn2)nc1. The lowest BCUT2D eigenvalue weighted by Gasteiger charge is -2.17. The Kier molecular flexibility index (Phi) is 3.10. The molecule has 0 atom stereocenters. The molecular weight excluding hydrogens is 230 g/mol. The van der Waals surface area contributed by atoms with Crippen molar-refractivity contribution in [2.45, 2.75) is 20.8 Å². The molecule has 0 aliphatic heterocycles. The fraction of sp³-hybridized carbons (Fsp3) is 0.333. The van der Waals surface area contributed by atoms with Gasteiger partial charge in [-0.3, -0.25) is 4.79 Å². The molecule has 2 rings (SSSR count). The van der Waals surface area contributed by atoms with Crippen molar-refractivity contribution in [2.24, 2.45) is 5.41 Å². The van der Waals surface area contributed by atoms with Crippen LogP contribution < -0.4 is 5.32 Å². The van der Waals surface area contributed by atoms with Crippen molar-refractivity contribution in [1.82, 2.24) is 19.7 Å². The van der Waals surface area contributed by atoms with Crippen LogP contribution in [0.5, 0.6) is 0 Å². The summed E-state index contributed by atoms with van der Waals surface area (Å²) in [5.74, 6) is 0.395. The zero-order valence-corrected chi connectivity index (χ0v) is 10.6. The standard InChI is InChI=1S/C12H15N5O/c1-12(2,3)10(18)16-9-7-13-11(14-8-9)17-6-4-5-15-17/h4-8H,1-3H3,(H,16,18). The highest BCUT2D eigenvalue weighted by atomic mass is 16.2. The highest BCUT2D eigenvalue weighted by Crippen LogP contribution is 2.16. The van der Waals surface area contributed by atoms with Crippen molar-refractivity contribution in [3.63, 3.8) is 0 Å². The molecule has 18 heavy (non-hydrogen) atoms. The van der Waals surface area contributed by atoms with Gasteiger partial charge in [0.25, 0.3) is 5.95 Å². The number of amides is 1. The van der Waals surface area contributed by atoms with Gasteiger partial charge in [0.2, 0.25) is 5.91 Å². The van der Waals surface area contributed by atoms with Gasteiger partial charge in [0.05, 0.1) is 18.1 Å². The summed E-state index contributed by atoms with van der Waals surface area (Å²) in [5.41, 5.74) is 0.131. The first-order chi connectivity index (χ1) is 8.47. The van der Waals surface area contributed by atoms with Crippen molar-refractivity contribution in [3.05, 3.63) is 30.9 Å². The van der Waals surface area contributed by atoms with E-state index in [4.69, 9.17) is 0 Å². The van der Waals surface area contributed by atoms with E-state index >= 15 is 0 Å². The molecule has 6 nitrogen and oxygen atoms in total. The molecule has 94 valence electrons. The maximum absolute atomic E-state index is 11.8. The lowest BCUT2D eigenvalue weighted by Crippen LogP contribution is -2.27. The second-order valence-electron chi connectivity index (χ2n) is 4.93. The minimum Gasteiger partial charge on any atom is -0.323 e. The van der Waals surface area contributed by atoms with E-state index in [9.17, 15) is 4.79 Å². The fourth-order valence-electron chi connectivity index (χ4n) is 1.21. The van der Waals surface area contributed by atoms with Crippen molar-refractivity contribution < 1.29 is 4.79 Å². The molecule has 0 aromatic carbocycles. The molecular formula is C12H15N5O. The van der Waals surface area contributed by atoms with Gasteiger partial charge in [-0.05, 0) is 6.07 Å². The Morgan fingerprint density at radius 2 is 1.94 bits per heavy atom. The van der Waals surface area contributed by atoms with E-state index < -0.39 is 5.41 Å². The Morgan fingerprint density at radius 3 is 2.44 bits per heavy atom. The van der Waals surface area contributed by atoms with Gasteiger partial charge in [0.1, 0.15) is 0 Å². The maximum Gasteiger partial charge on any atom is 0.250 e. The van der Waals surface area contributed by atoms with Gasteiger partial charge in [0, 0.05) is 17.8 Å². The van der Waals surface area contributed by atoms with Gasteiger partial charge < -0.3 is 5.32 Å². The van der Waals surface area contributed by atoms with E-state index in [0.717, 1.165) is 0 Å². The molecule has 2 heterocycles. The number of rotatable bonds is 2. The first-order valence-corrected chi connectivity index (χ1v) is 5.60. The smallest absolute Gasteiger partial charge is 0.250 e. The Morgan fingerprint density at radius 1 is 1.28 bits per heavy atom. The highest BCUT2D eigenvalue weighted by molar-refractivity contribution is 5.94. The van der Waals surface area contributed by atoms with Crippen molar-refractivity contribution in [3.8, 4) is 5.95 Å². The molecule has 0 spiro atoms. The van der Waals surface area contributed by atoms with Crippen LogP contribution in [0, 0.1) is 5.41 Å². The van der Waals surface area contributed by atoms with Gasteiger partial charge in [-0.2, -0.15) is 5.10 Å². The van der Waals surface area contributed by atoms with Crippen LogP contribution in [0.1, 0.15) is 20.8 Å². The van der Waals surface area contributed by atoms with Crippen LogP contribution >= 0.6 is 0 Å². The minimum atomic E-state index is -0.444. The molecule has 0 aliphatic rings. The number of aromatic nitrogens is 4. The molecule has 2 aromatic rings. The lowest BCUT2D eigenvalue weighted by molar-refractivity contribution is -0.123. The summed E-state index contributed by atoms with van der Waals surface area (Å²) in [6.45, 7) is 5.55. The Balaban J connectivity index is 2.12. The zero-order valence-electron chi connectivity index (χ0n) is 10.6. The molecule has 0 radical (unpaired) electrons. The molecule has 0 saturated heterocycles. The first kappa shape index (κ1) is 12.2. The topological polar surface area (TPSA) is 72.7 Å². The van der Waals surface area contributed by atoms with E-state index in [-0.39, 0.29) is 5.91 Å². The van der Waals surface area contributed by atoms with E-state index in [1.54, 1.807) is 35.5 Å². The van der Waals surface area contributed by atoms with E-state index in [1.165, 1.54) is 0 Å². The van der Waals surface area contributed by atoms with Crippen molar-refractivity contribution in [1.29, 1.82) is 0 Å². The summed E-state index contributed by atoms with van der Waals surface area (Å²) in [7, 11) is 0. The summed E-state index contributed by atoms with van der Waals surface area (Å²) >= 11 is 0. The van der Waals surface area contributed by atoms with Crippen LogP contribution in [0.3, 0.4) is 0 Å². The molecule has 1 amide bonds. The van der Waals surface area contributed by atoms with Crippen molar-refractivity contribution >= 4 is 11.6 Å². The summed E-state index contributed by atoms with van der Waals surface area (Å²) < 4.78 is 1.55. The number of nitrogens with one attached hydrogen (secondary N) is 1. The second-order valence-corrected chi connectivity index (χ2v) is 4.93. The number of hydrogen-bond acceptors (Lipinski definition) is 4. The average Bonchev–Trinajstić information content (AvgIpc) is 2.82. The number of carbonyl (C=O) groups is 1. The quantitative estimate of drug-likeness (QED) is 0.873. The van der Waals surface area contributed by atoms with E-state index in [1.807, 2.05) is 20.8 Å². The molecule has 0 unspecified atom stereocenters. The number of nitrogens with zero attached hydrogens (tertiary/aromatic N) is 4. The Hall–Kier alpha value is -2.24. The first-order valence-electron chi connectivity index (χ1n) is 5.60. The molecule has 0 bridgehead atoms. The third-order valence-corrected chi connectivity index (χ3v) is 2.29. The number of carbonyl (C=O) groups excluding carboxylic acids is 1. The normalized spacial score (nSPS) is 11.3. The highest BCUT2D eigenvalue weighted by Gasteiger charge is 2.21. The van der Waals surface area contributed by atoms with Gasteiger partial charge in [-0.15, -0.1) is 0 Å². The third kappa shape index (κ3) is 2.71. The van der Waals surface area contributed by atoms with Crippen LogP contribution in [0.4, 0.5) is 5.69 Å². The number of hydrogen-bond donors (Lipinski definition) is 1. The summed E-state index contributed by atoms with van der Waals surface area (Å²) in [4.78, 5) is 20.0. The third-order valence-electron chi connectivity index (χ3n) is 2.29. The van der Waals surface area contributed by atoms with Crippen LogP contribution in [0.15, 0.2) is 30.9 Å². The molecule has 1 N–H and O–H groups in total. The summed E-state index contributed by atoms with van der Waals surface area (Å²) in [6.07, 6.45) is 6.53. The predicted molar refractivity (Wildman–Crippen MR) is 67.2 cm³/mol. The Bertz CT molecular complexity index is 525. The largest absolute Gasteiger partial charge is 0.323 e. The van der Waals surface area contributed by atoms with Crippen LogP contribution in [-0.4, -0.2) is 25.7 Å². The minimum absolute atomic E-state index is 0.0714. The molecule has 0 aliphatic carbocycles. The molecule has 0 saturated carbocycles. The zero-order chi connectivity index (χ0) is 13.2. The van der Waals surface area contributed by atoms with Crippen LogP contribution in [0.2, 0.25) is 0 Å². The van der Waals surface area contributed by atoms with Crippen LogP contribution in [0.25, 0.3) is 5.95 Å². The maximum atomic E-state index is 11.8. The van der Waals surface area contributed by atoms with Crippen LogP contribution in [-0.2, 0) is 4.79 Å². The predicted octanol–water partition coefficient (Wildman–Crippen LogP) is 1.65. The molecule has 0 fully saturated rings. The summed E-state index contributed by atoms with van der Waals surface area (Å²) in [6, 6.07) is 1.79. The van der Waals surface area contributed by atoms with Gasteiger partial charge in [0.15, 0.2) is 0 Å². The monoisotopic (exact) mass is 245 g/mol. The summed E-state index contributed by atoms with van der Waals surface area (Å²) in [5, 5.41) is 6.78. The van der Waals surface area contributed by atoms with E-state index in [0.29, 0.717) is 11.6 Å². The molecule has 2 aromatic heterocycles. The van der Waals surface area contributed by atoms with Gasteiger partial charge in [-0.25, -0.2) is 14.6 Å². The molecule has 6 heteroatoms. The fourth-order valence-corrected chi connectivity index (χ4v) is 1.21. The van der Waals surface area contributed by atoms with Gasteiger partial charge in [-0.1, -0.05) is 20.8 Å². The van der Waals surface area contributed by atoms with Gasteiger partial charge >= 0.3 is 0 Å².